The molecule has 23 heavy (non-hydrogen) atoms. The fourth-order valence-electron chi connectivity index (χ4n) is 3.11. The van der Waals surface area contributed by atoms with E-state index in [0.29, 0.717) is 45.4 Å². The molecule has 2 aliphatic rings. The van der Waals surface area contributed by atoms with Crippen LogP contribution in [0.3, 0.4) is 0 Å². The fraction of sp³-hybridized carbons (Fsp3) is 0.471. The van der Waals surface area contributed by atoms with Crippen LogP contribution in [0.4, 0.5) is 5.69 Å². The summed E-state index contributed by atoms with van der Waals surface area (Å²) in [4.78, 5) is 39.1. The Morgan fingerprint density at radius 3 is 2.39 bits per heavy atom. The SMILES string of the molecule is CCC(=O)N1CCN(C(=O)Cc2ccc3c(c2)CC(=O)N3)CC1. The highest BCUT2D eigenvalue weighted by Gasteiger charge is 2.24. The van der Waals surface area contributed by atoms with Crippen molar-refractivity contribution in [3.8, 4) is 0 Å². The van der Waals surface area contributed by atoms with E-state index in [4.69, 9.17) is 0 Å². The molecule has 0 atom stereocenters. The van der Waals surface area contributed by atoms with Gasteiger partial charge in [0.2, 0.25) is 17.7 Å². The Labute approximate surface area is 135 Å². The lowest BCUT2D eigenvalue weighted by Gasteiger charge is -2.34. The summed E-state index contributed by atoms with van der Waals surface area (Å²) in [5, 5.41) is 2.79. The maximum atomic E-state index is 12.4. The van der Waals surface area contributed by atoms with Gasteiger partial charge in [-0.25, -0.2) is 0 Å². The van der Waals surface area contributed by atoms with Crippen LogP contribution in [0.2, 0.25) is 0 Å². The number of piperazine rings is 1. The first-order valence-electron chi connectivity index (χ1n) is 8.04. The van der Waals surface area contributed by atoms with Gasteiger partial charge in [0, 0.05) is 38.3 Å². The van der Waals surface area contributed by atoms with Crippen molar-refractivity contribution in [3.63, 3.8) is 0 Å². The van der Waals surface area contributed by atoms with Crippen molar-refractivity contribution in [1.29, 1.82) is 0 Å². The summed E-state index contributed by atoms with van der Waals surface area (Å²) in [5.41, 5.74) is 2.73. The molecule has 2 heterocycles. The highest BCUT2D eigenvalue weighted by molar-refractivity contribution is 5.99. The molecule has 6 heteroatoms. The largest absolute Gasteiger partial charge is 0.339 e. The molecule has 1 saturated heterocycles. The lowest BCUT2D eigenvalue weighted by molar-refractivity contribution is -0.139. The minimum atomic E-state index is 0.000176. The van der Waals surface area contributed by atoms with E-state index in [1.165, 1.54) is 0 Å². The Kier molecular flexibility index (Phi) is 4.32. The van der Waals surface area contributed by atoms with E-state index in [1.807, 2.05) is 34.9 Å². The third-order valence-electron chi connectivity index (χ3n) is 4.44. The molecular weight excluding hydrogens is 294 g/mol. The van der Waals surface area contributed by atoms with Gasteiger partial charge in [-0.15, -0.1) is 0 Å². The fourth-order valence-corrected chi connectivity index (χ4v) is 3.11. The zero-order valence-electron chi connectivity index (χ0n) is 13.3. The number of nitrogens with one attached hydrogen (secondary N) is 1. The Balaban J connectivity index is 1.57. The molecule has 3 rings (SSSR count). The van der Waals surface area contributed by atoms with Crippen molar-refractivity contribution in [3.05, 3.63) is 29.3 Å². The predicted molar refractivity (Wildman–Crippen MR) is 85.9 cm³/mol. The Morgan fingerprint density at radius 2 is 1.74 bits per heavy atom. The molecule has 0 spiro atoms. The normalized spacial score (nSPS) is 17.0. The van der Waals surface area contributed by atoms with Crippen molar-refractivity contribution in [2.75, 3.05) is 31.5 Å². The number of anilines is 1. The van der Waals surface area contributed by atoms with E-state index in [-0.39, 0.29) is 17.7 Å². The molecule has 1 N–H and O–H groups in total. The van der Waals surface area contributed by atoms with Crippen LogP contribution in [-0.4, -0.2) is 53.7 Å². The summed E-state index contributed by atoms with van der Waals surface area (Å²) in [7, 11) is 0. The average molecular weight is 315 g/mol. The van der Waals surface area contributed by atoms with Gasteiger partial charge in [0.15, 0.2) is 0 Å². The first-order valence-corrected chi connectivity index (χ1v) is 8.04. The van der Waals surface area contributed by atoms with E-state index in [9.17, 15) is 14.4 Å². The summed E-state index contributed by atoms with van der Waals surface area (Å²) in [6.07, 6.45) is 1.23. The first-order chi connectivity index (χ1) is 11.1. The lowest BCUT2D eigenvalue weighted by atomic mass is 10.1. The lowest BCUT2D eigenvalue weighted by Crippen LogP contribution is -2.50. The molecule has 1 fully saturated rings. The van der Waals surface area contributed by atoms with Crippen LogP contribution in [-0.2, 0) is 27.2 Å². The number of benzene rings is 1. The van der Waals surface area contributed by atoms with Crippen LogP contribution in [0.15, 0.2) is 18.2 Å². The Hall–Kier alpha value is -2.37. The van der Waals surface area contributed by atoms with Gasteiger partial charge < -0.3 is 15.1 Å². The van der Waals surface area contributed by atoms with Crippen molar-refractivity contribution < 1.29 is 14.4 Å². The highest BCUT2D eigenvalue weighted by atomic mass is 16.2. The summed E-state index contributed by atoms with van der Waals surface area (Å²) >= 11 is 0. The molecule has 122 valence electrons. The number of amides is 3. The van der Waals surface area contributed by atoms with Crippen molar-refractivity contribution >= 4 is 23.4 Å². The maximum absolute atomic E-state index is 12.4. The zero-order valence-corrected chi connectivity index (χ0v) is 13.3. The number of hydrogen-bond donors (Lipinski definition) is 1. The van der Waals surface area contributed by atoms with Gasteiger partial charge in [-0.05, 0) is 17.2 Å². The highest BCUT2D eigenvalue weighted by Crippen LogP contribution is 2.24. The van der Waals surface area contributed by atoms with Gasteiger partial charge in [0.05, 0.1) is 12.8 Å². The third-order valence-corrected chi connectivity index (χ3v) is 4.44. The topological polar surface area (TPSA) is 69.7 Å². The van der Waals surface area contributed by atoms with E-state index >= 15 is 0 Å². The van der Waals surface area contributed by atoms with Gasteiger partial charge in [-0.2, -0.15) is 0 Å². The number of nitrogens with zero attached hydrogens (tertiary/aromatic N) is 2. The molecule has 0 saturated carbocycles. The minimum absolute atomic E-state index is 0.000176. The second-order valence-corrected chi connectivity index (χ2v) is 6.01. The maximum Gasteiger partial charge on any atom is 0.228 e. The molecule has 3 amide bonds. The van der Waals surface area contributed by atoms with Crippen LogP contribution in [0.1, 0.15) is 24.5 Å². The van der Waals surface area contributed by atoms with Gasteiger partial charge in [0.25, 0.3) is 0 Å². The van der Waals surface area contributed by atoms with Crippen molar-refractivity contribution in [2.45, 2.75) is 26.2 Å². The van der Waals surface area contributed by atoms with E-state index < -0.39 is 0 Å². The molecule has 0 radical (unpaired) electrons. The molecule has 0 aromatic heterocycles. The number of hydrogen-bond acceptors (Lipinski definition) is 3. The molecule has 6 nitrogen and oxygen atoms in total. The van der Waals surface area contributed by atoms with Crippen LogP contribution < -0.4 is 5.32 Å². The smallest absolute Gasteiger partial charge is 0.228 e. The average Bonchev–Trinajstić information content (AvgIpc) is 2.93. The zero-order chi connectivity index (χ0) is 16.4. The molecule has 1 aromatic carbocycles. The quantitative estimate of drug-likeness (QED) is 0.897. The van der Waals surface area contributed by atoms with Crippen molar-refractivity contribution in [1.82, 2.24) is 9.80 Å². The molecule has 0 bridgehead atoms. The third kappa shape index (κ3) is 3.36. The van der Waals surface area contributed by atoms with Crippen LogP contribution in [0.25, 0.3) is 0 Å². The van der Waals surface area contributed by atoms with Crippen LogP contribution >= 0.6 is 0 Å². The number of carbonyl (C=O) groups excluding carboxylic acids is 3. The summed E-state index contributed by atoms with van der Waals surface area (Å²) in [6.45, 7) is 4.26. The standard InChI is InChI=1S/C17H21N3O3/c1-2-16(22)19-5-7-20(8-6-19)17(23)10-12-3-4-14-13(9-12)11-15(21)18-14/h3-4,9H,2,5-8,10-11H2,1H3,(H,18,21). The second kappa shape index (κ2) is 6.40. The minimum Gasteiger partial charge on any atom is -0.339 e. The number of rotatable bonds is 3. The molecule has 1 aromatic rings. The molecule has 0 unspecified atom stereocenters. The van der Waals surface area contributed by atoms with Gasteiger partial charge in [-0.1, -0.05) is 19.1 Å². The summed E-state index contributed by atoms with van der Waals surface area (Å²) < 4.78 is 0. The van der Waals surface area contributed by atoms with E-state index in [0.717, 1.165) is 16.8 Å². The number of carbonyl (C=O) groups is 3. The molecule has 0 aliphatic carbocycles. The monoisotopic (exact) mass is 315 g/mol. The Morgan fingerprint density at radius 1 is 1.09 bits per heavy atom. The molecule has 2 aliphatic heterocycles. The van der Waals surface area contributed by atoms with E-state index in [1.54, 1.807) is 0 Å². The van der Waals surface area contributed by atoms with Gasteiger partial charge in [-0.3, -0.25) is 14.4 Å². The summed E-state index contributed by atoms with van der Waals surface area (Å²) in [5.74, 6) is 0.221. The number of fused-ring (bicyclic) bond motifs is 1. The van der Waals surface area contributed by atoms with Crippen LogP contribution in [0.5, 0.6) is 0 Å². The summed E-state index contributed by atoms with van der Waals surface area (Å²) in [6, 6.07) is 5.68. The van der Waals surface area contributed by atoms with Gasteiger partial charge >= 0.3 is 0 Å². The van der Waals surface area contributed by atoms with Crippen molar-refractivity contribution in [2.24, 2.45) is 0 Å². The van der Waals surface area contributed by atoms with Crippen LogP contribution in [0, 0.1) is 0 Å². The molecular formula is C17H21N3O3. The second-order valence-electron chi connectivity index (χ2n) is 6.01. The first kappa shape index (κ1) is 15.5. The predicted octanol–water partition coefficient (Wildman–Crippen LogP) is 0.804. The Bertz CT molecular complexity index is 648. The van der Waals surface area contributed by atoms with E-state index in [2.05, 4.69) is 5.32 Å². The van der Waals surface area contributed by atoms with Gasteiger partial charge in [0.1, 0.15) is 0 Å².